The molecule has 0 atom stereocenters. The summed E-state index contributed by atoms with van der Waals surface area (Å²) in [5.41, 5.74) is 1.94. The van der Waals surface area contributed by atoms with Crippen LogP contribution in [0.2, 0.25) is 0 Å². The quantitative estimate of drug-likeness (QED) is 0.863. The van der Waals surface area contributed by atoms with Gasteiger partial charge in [0.25, 0.3) is 0 Å². The molecule has 1 heterocycles. The minimum Gasteiger partial charge on any atom is -0.477 e. The van der Waals surface area contributed by atoms with Gasteiger partial charge in [0, 0.05) is 17.0 Å². The third kappa shape index (κ3) is 2.94. The molecule has 21 heavy (non-hydrogen) atoms. The van der Waals surface area contributed by atoms with Crippen molar-refractivity contribution in [1.29, 1.82) is 5.26 Å². The van der Waals surface area contributed by atoms with E-state index in [0.717, 1.165) is 29.7 Å². The van der Waals surface area contributed by atoms with E-state index in [0.29, 0.717) is 22.1 Å². The van der Waals surface area contributed by atoms with E-state index in [-0.39, 0.29) is 4.88 Å². The summed E-state index contributed by atoms with van der Waals surface area (Å²) in [6.45, 7) is 0. The van der Waals surface area contributed by atoms with Crippen LogP contribution in [0.4, 0.5) is 0 Å². The lowest BCUT2D eigenvalue weighted by Crippen LogP contribution is -1.89. The molecule has 0 unspecified atom stereocenters. The van der Waals surface area contributed by atoms with E-state index in [2.05, 4.69) is 22.9 Å². The highest BCUT2D eigenvalue weighted by molar-refractivity contribution is 7.16. The van der Waals surface area contributed by atoms with Crippen molar-refractivity contribution in [3.63, 3.8) is 0 Å². The number of hydrogen-bond acceptors (Lipinski definition) is 4. The monoisotopic (exact) mass is 294 g/mol. The van der Waals surface area contributed by atoms with Crippen molar-refractivity contribution in [3.8, 4) is 28.5 Å². The maximum Gasteiger partial charge on any atom is 0.347 e. The van der Waals surface area contributed by atoms with E-state index < -0.39 is 5.97 Å². The molecule has 102 valence electrons. The highest BCUT2D eigenvalue weighted by Crippen LogP contribution is 2.29. The molecular formula is C16H10N2O2S. The zero-order chi connectivity index (χ0) is 14.8. The second-order valence-electron chi connectivity index (χ2n) is 4.75. The standard InChI is InChI=1S/C16H10N2O2S/c17-8-13-7-12(15-18-9-14(21-15)16(19)20)6-5-11(13)4-3-10-1-2-10/h5-7,9-10H,1-2H2,(H,19,20). The summed E-state index contributed by atoms with van der Waals surface area (Å²) in [5.74, 6) is 5.66. The molecule has 2 aromatic rings. The summed E-state index contributed by atoms with van der Waals surface area (Å²) in [6, 6.07) is 7.47. The molecule has 0 bridgehead atoms. The number of hydrogen-bond donors (Lipinski definition) is 1. The first-order valence-corrected chi connectivity index (χ1v) is 7.24. The molecule has 1 aromatic carbocycles. The molecule has 3 rings (SSSR count). The van der Waals surface area contributed by atoms with Crippen molar-refractivity contribution in [3.05, 3.63) is 40.4 Å². The Bertz CT molecular complexity index is 817. The normalized spacial score (nSPS) is 13.1. The van der Waals surface area contributed by atoms with Gasteiger partial charge in [-0.3, -0.25) is 0 Å². The van der Waals surface area contributed by atoms with E-state index >= 15 is 0 Å². The second kappa shape index (κ2) is 5.40. The molecule has 1 aliphatic rings. The van der Waals surface area contributed by atoms with Gasteiger partial charge in [0.2, 0.25) is 0 Å². The van der Waals surface area contributed by atoms with E-state index in [1.807, 2.05) is 6.07 Å². The summed E-state index contributed by atoms with van der Waals surface area (Å²) < 4.78 is 0. The van der Waals surface area contributed by atoms with Crippen LogP contribution in [0, 0.1) is 29.1 Å². The van der Waals surface area contributed by atoms with E-state index in [1.165, 1.54) is 6.20 Å². The lowest BCUT2D eigenvalue weighted by molar-refractivity contribution is 0.0702. The topological polar surface area (TPSA) is 74.0 Å². The molecule has 4 nitrogen and oxygen atoms in total. The fourth-order valence-corrected chi connectivity index (χ4v) is 2.54. The highest BCUT2D eigenvalue weighted by Gasteiger charge is 2.18. The van der Waals surface area contributed by atoms with Gasteiger partial charge >= 0.3 is 5.97 Å². The molecule has 0 saturated heterocycles. The van der Waals surface area contributed by atoms with Crippen LogP contribution in [0.1, 0.15) is 33.6 Å². The number of carbonyl (C=O) groups is 1. The Labute approximate surface area is 125 Å². The fraction of sp³-hybridized carbons (Fsp3) is 0.188. The zero-order valence-corrected chi connectivity index (χ0v) is 11.8. The summed E-state index contributed by atoms with van der Waals surface area (Å²) in [5, 5.41) is 18.7. The number of thiazole rings is 1. The average molecular weight is 294 g/mol. The number of nitriles is 1. The minimum absolute atomic E-state index is 0.182. The van der Waals surface area contributed by atoms with Crippen LogP contribution in [-0.4, -0.2) is 16.1 Å². The molecule has 0 spiro atoms. The Kier molecular flexibility index (Phi) is 3.43. The van der Waals surface area contributed by atoms with E-state index in [1.54, 1.807) is 12.1 Å². The van der Waals surface area contributed by atoms with Gasteiger partial charge < -0.3 is 5.11 Å². The third-order valence-corrected chi connectivity index (χ3v) is 4.13. The molecule has 1 N–H and O–H groups in total. The number of aromatic nitrogens is 1. The van der Waals surface area contributed by atoms with Crippen molar-refractivity contribution in [2.24, 2.45) is 5.92 Å². The minimum atomic E-state index is -0.994. The highest BCUT2D eigenvalue weighted by atomic mass is 32.1. The number of benzene rings is 1. The van der Waals surface area contributed by atoms with Crippen molar-refractivity contribution in [1.82, 2.24) is 4.98 Å². The molecule has 0 aliphatic heterocycles. The predicted molar refractivity (Wildman–Crippen MR) is 78.8 cm³/mol. The van der Waals surface area contributed by atoms with Crippen LogP contribution in [0.3, 0.4) is 0 Å². The van der Waals surface area contributed by atoms with Crippen LogP contribution in [-0.2, 0) is 0 Å². The smallest absolute Gasteiger partial charge is 0.347 e. The van der Waals surface area contributed by atoms with Crippen molar-refractivity contribution < 1.29 is 9.90 Å². The molecule has 5 heteroatoms. The largest absolute Gasteiger partial charge is 0.477 e. The first-order valence-electron chi connectivity index (χ1n) is 6.42. The summed E-state index contributed by atoms with van der Waals surface area (Å²) >= 11 is 1.09. The van der Waals surface area contributed by atoms with Gasteiger partial charge in [-0.1, -0.05) is 17.9 Å². The van der Waals surface area contributed by atoms with Crippen molar-refractivity contribution >= 4 is 17.3 Å². The van der Waals surface area contributed by atoms with Gasteiger partial charge in [-0.15, -0.1) is 11.3 Å². The van der Waals surface area contributed by atoms with E-state index in [9.17, 15) is 10.1 Å². The zero-order valence-electron chi connectivity index (χ0n) is 11.0. The van der Waals surface area contributed by atoms with Crippen LogP contribution in [0.15, 0.2) is 24.4 Å². The van der Waals surface area contributed by atoms with E-state index in [4.69, 9.17) is 5.11 Å². The first kappa shape index (κ1) is 13.4. The molecule has 0 amide bonds. The molecular weight excluding hydrogens is 284 g/mol. The van der Waals surface area contributed by atoms with Gasteiger partial charge in [-0.25, -0.2) is 9.78 Å². The average Bonchev–Trinajstić information content (AvgIpc) is 3.18. The number of rotatable bonds is 2. The van der Waals surface area contributed by atoms with Crippen LogP contribution < -0.4 is 0 Å². The summed E-state index contributed by atoms with van der Waals surface area (Å²) in [4.78, 5) is 15.1. The number of carboxylic acids is 1. The van der Waals surface area contributed by atoms with Gasteiger partial charge in [-0.05, 0) is 25.0 Å². The van der Waals surface area contributed by atoms with Gasteiger partial charge in [-0.2, -0.15) is 5.26 Å². The molecule has 1 aromatic heterocycles. The Balaban J connectivity index is 1.95. The molecule has 1 saturated carbocycles. The summed E-state index contributed by atoms with van der Waals surface area (Å²) in [6.07, 6.45) is 3.61. The number of nitrogens with zero attached hydrogens (tertiary/aromatic N) is 2. The fourth-order valence-electron chi connectivity index (χ4n) is 1.79. The van der Waals surface area contributed by atoms with Crippen molar-refractivity contribution in [2.45, 2.75) is 12.8 Å². The Morgan fingerprint density at radius 3 is 2.81 bits per heavy atom. The third-order valence-electron chi connectivity index (χ3n) is 3.09. The Morgan fingerprint density at radius 2 is 2.19 bits per heavy atom. The van der Waals surface area contributed by atoms with Crippen LogP contribution in [0.25, 0.3) is 10.6 Å². The maximum absolute atomic E-state index is 10.9. The molecule has 1 fully saturated rings. The lowest BCUT2D eigenvalue weighted by atomic mass is 10.1. The maximum atomic E-state index is 10.9. The predicted octanol–water partition coefficient (Wildman–Crippen LogP) is 3.14. The molecule has 1 aliphatic carbocycles. The Hall–Kier alpha value is -2.63. The van der Waals surface area contributed by atoms with Crippen LogP contribution in [0.5, 0.6) is 0 Å². The number of aromatic carboxylic acids is 1. The van der Waals surface area contributed by atoms with Gasteiger partial charge in [0.05, 0.1) is 11.8 Å². The van der Waals surface area contributed by atoms with Gasteiger partial charge in [0.1, 0.15) is 16.0 Å². The summed E-state index contributed by atoms with van der Waals surface area (Å²) in [7, 11) is 0. The number of carboxylic acid groups (broad SMARTS) is 1. The van der Waals surface area contributed by atoms with Crippen LogP contribution >= 0.6 is 11.3 Å². The van der Waals surface area contributed by atoms with Gasteiger partial charge in [0.15, 0.2) is 0 Å². The first-order chi connectivity index (χ1) is 10.2. The SMILES string of the molecule is N#Cc1cc(-c2ncc(C(=O)O)s2)ccc1C#CC1CC1. The lowest BCUT2D eigenvalue weighted by Gasteiger charge is -1.99. The van der Waals surface area contributed by atoms with Crippen molar-refractivity contribution in [2.75, 3.05) is 0 Å². The second-order valence-corrected chi connectivity index (χ2v) is 5.78. The Morgan fingerprint density at radius 1 is 1.38 bits per heavy atom. The molecule has 0 radical (unpaired) electrons.